The van der Waals surface area contributed by atoms with Crippen molar-refractivity contribution in [1.29, 1.82) is 0 Å². The SMILES string of the molecule is Cc1ccc(OCC(O)CN(Cc2ccccc2F)C2CCS(=O)(=O)C2)c(C)c1. The lowest BCUT2D eigenvalue weighted by atomic mass is 10.1. The number of sulfone groups is 1. The smallest absolute Gasteiger partial charge is 0.151 e. The average Bonchev–Trinajstić information content (AvgIpc) is 3.02. The Bertz CT molecular complexity index is 948. The first-order chi connectivity index (χ1) is 13.7. The molecule has 0 bridgehead atoms. The molecule has 3 rings (SSSR count). The molecule has 1 heterocycles. The zero-order chi connectivity index (χ0) is 21.0. The van der Waals surface area contributed by atoms with Crippen molar-refractivity contribution in [3.8, 4) is 5.75 Å². The van der Waals surface area contributed by atoms with Gasteiger partial charge in [0.25, 0.3) is 0 Å². The van der Waals surface area contributed by atoms with E-state index in [2.05, 4.69) is 0 Å². The fourth-order valence-corrected chi connectivity index (χ4v) is 5.48. The van der Waals surface area contributed by atoms with Crippen LogP contribution in [0.3, 0.4) is 0 Å². The molecule has 1 aliphatic rings. The summed E-state index contributed by atoms with van der Waals surface area (Å²) in [6.45, 7) is 4.48. The molecule has 0 aliphatic carbocycles. The Morgan fingerprint density at radius 2 is 2.00 bits per heavy atom. The van der Waals surface area contributed by atoms with E-state index in [1.165, 1.54) is 6.07 Å². The standard InChI is InChI=1S/C22H28FNO4S/c1-16-7-8-22(17(2)11-16)28-14-20(25)13-24(19-9-10-29(26,27)15-19)12-18-5-3-4-6-21(18)23/h3-8,11,19-20,25H,9-10,12-15H2,1-2H3. The summed E-state index contributed by atoms with van der Waals surface area (Å²) in [4.78, 5) is 1.86. The van der Waals surface area contributed by atoms with E-state index in [9.17, 15) is 17.9 Å². The van der Waals surface area contributed by atoms with Gasteiger partial charge in [-0.15, -0.1) is 0 Å². The summed E-state index contributed by atoms with van der Waals surface area (Å²) in [5.74, 6) is 0.533. The molecule has 1 saturated heterocycles. The first-order valence-electron chi connectivity index (χ1n) is 9.79. The first-order valence-corrected chi connectivity index (χ1v) is 11.6. The normalized spacial score (nSPS) is 19.4. The molecule has 1 aliphatic heterocycles. The number of nitrogens with zero attached hydrogens (tertiary/aromatic N) is 1. The average molecular weight is 422 g/mol. The quantitative estimate of drug-likeness (QED) is 0.710. The third-order valence-corrected chi connectivity index (χ3v) is 7.01. The highest BCUT2D eigenvalue weighted by atomic mass is 32.2. The molecule has 7 heteroatoms. The molecule has 158 valence electrons. The van der Waals surface area contributed by atoms with Crippen LogP contribution in [0, 0.1) is 19.7 Å². The lowest BCUT2D eigenvalue weighted by Gasteiger charge is -2.30. The van der Waals surface area contributed by atoms with Crippen LogP contribution in [-0.2, 0) is 16.4 Å². The van der Waals surface area contributed by atoms with Crippen LogP contribution < -0.4 is 4.74 Å². The summed E-state index contributed by atoms with van der Waals surface area (Å²) in [7, 11) is -3.09. The van der Waals surface area contributed by atoms with Crippen molar-refractivity contribution >= 4 is 9.84 Å². The van der Waals surface area contributed by atoms with Crippen LogP contribution in [0.5, 0.6) is 5.75 Å². The van der Waals surface area contributed by atoms with Gasteiger partial charge in [-0.05, 0) is 38.0 Å². The van der Waals surface area contributed by atoms with Gasteiger partial charge in [0.05, 0.1) is 11.5 Å². The summed E-state index contributed by atoms with van der Waals surface area (Å²) in [6, 6.07) is 12.0. The Morgan fingerprint density at radius 1 is 1.24 bits per heavy atom. The summed E-state index contributed by atoms with van der Waals surface area (Å²) >= 11 is 0. The van der Waals surface area contributed by atoms with Crippen LogP contribution in [0.1, 0.15) is 23.1 Å². The van der Waals surface area contributed by atoms with Gasteiger partial charge in [0.2, 0.25) is 0 Å². The van der Waals surface area contributed by atoms with Crippen LogP contribution in [0.25, 0.3) is 0 Å². The van der Waals surface area contributed by atoms with Crippen molar-refractivity contribution in [3.63, 3.8) is 0 Å². The minimum atomic E-state index is -3.09. The van der Waals surface area contributed by atoms with Crippen LogP contribution in [0.4, 0.5) is 4.39 Å². The molecule has 0 radical (unpaired) electrons. The topological polar surface area (TPSA) is 66.8 Å². The van der Waals surface area contributed by atoms with Crippen molar-refractivity contribution < 1.29 is 22.7 Å². The Labute approximate surface area is 172 Å². The van der Waals surface area contributed by atoms with Gasteiger partial charge in [-0.3, -0.25) is 4.90 Å². The molecule has 2 aromatic rings. The predicted octanol–water partition coefficient (Wildman–Crippen LogP) is 2.87. The Morgan fingerprint density at radius 3 is 2.66 bits per heavy atom. The second kappa shape index (κ2) is 9.24. The van der Waals surface area contributed by atoms with Gasteiger partial charge in [0, 0.05) is 24.7 Å². The number of benzene rings is 2. The van der Waals surface area contributed by atoms with E-state index in [1.54, 1.807) is 18.2 Å². The van der Waals surface area contributed by atoms with E-state index >= 15 is 0 Å². The second-order valence-electron chi connectivity index (χ2n) is 7.81. The molecular formula is C22H28FNO4S. The highest BCUT2D eigenvalue weighted by Crippen LogP contribution is 2.22. The predicted molar refractivity (Wildman–Crippen MR) is 111 cm³/mol. The highest BCUT2D eigenvalue weighted by molar-refractivity contribution is 7.91. The molecule has 2 unspecified atom stereocenters. The number of aryl methyl sites for hydroxylation is 2. The number of hydrogen-bond acceptors (Lipinski definition) is 5. The minimum absolute atomic E-state index is 0.0338. The highest BCUT2D eigenvalue weighted by Gasteiger charge is 2.33. The number of aliphatic hydroxyl groups is 1. The van der Waals surface area contributed by atoms with Gasteiger partial charge in [0.1, 0.15) is 24.3 Å². The fraction of sp³-hybridized carbons (Fsp3) is 0.455. The van der Waals surface area contributed by atoms with Crippen molar-refractivity contribution in [3.05, 3.63) is 65.0 Å². The van der Waals surface area contributed by atoms with Gasteiger partial charge in [-0.25, -0.2) is 12.8 Å². The van der Waals surface area contributed by atoms with Crippen LogP contribution in [0.15, 0.2) is 42.5 Å². The lowest BCUT2D eigenvalue weighted by Crippen LogP contribution is -2.42. The number of ether oxygens (including phenoxy) is 1. The Hall–Kier alpha value is -1.96. The molecule has 1 fully saturated rings. The van der Waals surface area contributed by atoms with Gasteiger partial charge >= 0.3 is 0 Å². The Kier molecular flexibility index (Phi) is 6.93. The number of hydrogen-bond donors (Lipinski definition) is 1. The molecular weight excluding hydrogens is 393 g/mol. The van der Waals surface area contributed by atoms with E-state index in [4.69, 9.17) is 4.74 Å². The van der Waals surface area contributed by atoms with Gasteiger partial charge in [0.15, 0.2) is 9.84 Å². The van der Waals surface area contributed by atoms with Crippen LogP contribution in [0.2, 0.25) is 0 Å². The third kappa shape index (κ3) is 6.01. The molecule has 2 aromatic carbocycles. The Balaban J connectivity index is 1.67. The van der Waals surface area contributed by atoms with Crippen LogP contribution in [-0.4, -0.2) is 55.2 Å². The maximum absolute atomic E-state index is 14.1. The maximum Gasteiger partial charge on any atom is 0.151 e. The third-order valence-electron chi connectivity index (χ3n) is 5.26. The zero-order valence-electron chi connectivity index (χ0n) is 16.8. The van der Waals surface area contributed by atoms with Gasteiger partial charge in [-0.2, -0.15) is 0 Å². The molecule has 0 aromatic heterocycles. The molecule has 2 atom stereocenters. The van der Waals surface area contributed by atoms with E-state index in [0.717, 1.165) is 11.1 Å². The monoisotopic (exact) mass is 421 g/mol. The van der Waals surface area contributed by atoms with Gasteiger partial charge in [-0.1, -0.05) is 35.9 Å². The lowest BCUT2D eigenvalue weighted by molar-refractivity contribution is 0.0518. The molecule has 0 spiro atoms. The van der Waals surface area contributed by atoms with E-state index < -0.39 is 15.9 Å². The molecule has 29 heavy (non-hydrogen) atoms. The van der Waals surface area contributed by atoms with Crippen LogP contribution >= 0.6 is 0 Å². The van der Waals surface area contributed by atoms with E-state index in [-0.39, 0.29) is 43.1 Å². The van der Waals surface area contributed by atoms with Crippen molar-refractivity contribution in [2.24, 2.45) is 0 Å². The fourth-order valence-electron chi connectivity index (χ4n) is 3.72. The van der Waals surface area contributed by atoms with E-state index in [1.807, 2.05) is 36.9 Å². The molecule has 5 nitrogen and oxygen atoms in total. The number of aliphatic hydroxyl groups excluding tert-OH is 1. The number of halogens is 1. The summed E-state index contributed by atoms with van der Waals surface area (Å²) in [6.07, 6.45) is -0.340. The van der Waals surface area contributed by atoms with Crippen molar-refractivity contribution in [1.82, 2.24) is 4.90 Å². The largest absolute Gasteiger partial charge is 0.491 e. The molecule has 1 N–H and O–H groups in total. The summed E-state index contributed by atoms with van der Waals surface area (Å²) < 4.78 is 43.8. The van der Waals surface area contributed by atoms with E-state index in [0.29, 0.717) is 17.7 Å². The van der Waals surface area contributed by atoms with Gasteiger partial charge < -0.3 is 9.84 Å². The zero-order valence-corrected chi connectivity index (χ0v) is 17.7. The first kappa shape index (κ1) is 21.7. The molecule has 0 amide bonds. The maximum atomic E-state index is 14.1. The minimum Gasteiger partial charge on any atom is -0.491 e. The second-order valence-corrected chi connectivity index (χ2v) is 10.0. The number of rotatable bonds is 8. The van der Waals surface area contributed by atoms with Crippen molar-refractivity contribution in [2.75, 3.05) is 24.7 Å². The summed E-state index contributed by atoms with van der Waals surface area (Å²) in [5.41, 5.74) is 2.61. The van der Waals surface area contributed by atoms with Crippen molar-refractivity contribution in [2.45, 2.75) is 39.0 Å². The molecule has 0 saturated carbocycles. The summed E-state index contributed by atoms with van der Waals surface area (Å²) in [5, 5.41) is 10.6.